The molecular weight excluding hydrogens is 450 g/mol. The van der Waals surface area contributed by atoms with Gasteiger partial charge in [-0.05, 0) is 38.1 Å². The Morgan fingerprint density at radius 1 is 1.20 bits per heavy atom. The van der Waals surface area contributed by atoms with Crippen LogP contribution in [0.5, 0.6) is 17.2 Å². The van der Waals surface area contributed by atoms with Crippen LogP contribution in [0.15, 0.2) is 36.4 Å². The Morgan fingerprint density at radius 2 is 1.87 bits per heavy atom. The predicted octanol–water partition coefficient (Wildman–Crippen LogP) is 6.73. The maximum atomic E-state index is 12.8. The minimum atomic E-state index is -4.57. The number of nitro benzene ring substituents is 1. The van der Waals surface area contributed by atoms with Crippen LogP contribution in [-0.2, 0) is 15.3 Å². The van der Waals surface area contributed by atoms with Crippen molar-refractivity contribution in [3.8, 4) is 17.2 Å². The Hall–Kier alpha value is -2.29. The molecule has 0 aromatic heterocycles. The van der Waals surface area contributed by atoms with Crippen LogP contribution in [-0.4, -0.2) is 24.0 Å². The summed E-state index contributed by atoms with van der Waals surface area (Å²) in [5.74, 6) is -1.31. The first-order valence-corrected chi connectivity index (χ1v) is 11.1. The fraction of sp³-hybridized carbons (Fsp3) is 0.333. The van der Waals surface area contributed by atoms with Crippen molar-refractivity contribution in [1.82, 2.24) is 0 Å². The van der Waals surface area contributed by atoms with E-state index in [0.717, 1.165) is 24.3 Å². The SMILES string of the molecule is CCOP(C)(=O)C(C)Oc1cc(Oc2ccc(C(F)(F)F)cc2Cl)ccc1[N+](=O)[O-]. The molecule has 7 nitrogen and oxygen atoms in total. The van der Waals surface area contributed by atoms with Crippen molar-refractivity contribution in [3.63, 3.8) is 0 Å². The Balaban J connectivity index is 2.34. The van der Waals surface area contributed by atoms with Gasteiger partial charge in [-0.3, -0.25) is 14.7 Å². The zero-order valence-corrected chi connectivity index (χ0v) is 17.8. The maximum Gasteiger partial charge on any atom is 0.416 e. The topological polar surface area (TPSA) is 87.9 Å². The van der Waals surface area contributed by atoms with Crippen LogP contribution in [0.1, 0.15) is 19.4 Å². The van der Waals surface area contributed by atoms with Crippen LogP contribution in [0.4, 0.5) is 18.9 Å². The molecule has 0 saturated carbocycles. The third-order valence-electron chi connectivity index (χ3n) is 3.96. The molecule has 0 saturated heterocycles. The monoisotopic (exact) mass is 467 g/mol. The van der Waals surface area contributed by atoms with E-state index in [-0.39, 0.29) is 28.9 Å². The lowest BCUT2D eigenvalue weighted by atomic mass is 10.2. The van der Waals surface area contributed by atoms with Crippen molar-refractivity contribution >= 4 is 24.7 Å². The Labute approximate surface area is 175 Å². The molecule has 2 rings (SSSR count). The molecule has 0 fully saturated rings. The second-order valence-corrected chi connectivity index (χ2v) is 9.39. The first-order valence-electron chi connectivity index (χ1n) is 8.56. The minimum absolute atomic E-state index is 0.0202. The standard InChI is InChI=1S/C18H18ClF3NO6P/c1-4-27-30(3,26)11(2)28-17-10-13(6-7-15(17)23(24)25)29-16-8-5-12(9-14(16)19)18(20,21)22/h5-11H,4H2,1-3H3. The van der Waals surface area contributed by atoms with E-state index in [1.54, 1.807) is 6.92 Å². The van der Waals surface area contributed by atoms with E-state index >= 15 is 0 Å². The van der Waals surface area contributed by atoms with Crippen LogP contribution in [0.2, 0.25) is 5.02 Å². The molecule has 0 radical (unpaired) electrons. The summed E-state index contributed by atoms with van der Waals surface area (Å²) in [6.45, 7) is 4.60. The van der Waals surface area contributed by atoms with Crippen LogP contribution in [0, 0.1) is 10.1 Å². The van der Waals surface area contributed by atoms with E-state index in [1.807, 2.05) is 0 Å². The largest absolute Gasteiger partial charge is 0.473 e. The zero-order valence-electron chi connectivity index (χ0n) is 16.1. The summed E-state index contributed by atoms with van der Waals surface area (Å²) in [6.07, 6.45) is -4.57. The number of alkyl halides is 3. The van der Waals surface area contributed by atoms with E-state index in [2.05, 4.69) is 0 Å². The van der Waals surface area contributed by atoms with Crippen LogP contribution in [0.3, 0.4) is 0 Å². The quantitative estimate of drug-likeness (QED) is 0.243. The van der Waals surface area contributed by atoms with Gasteiger partial charge in [-0.15, -0.1) is 0 Å². The van der Waals surface area contributed by atoms with Gasteiger partial charge in [0.05, 0.1) is 22.1 Å². The van der Waals surface area contributed by atoms with Gasteiger partial charge in [0.25, 0.3) is 0 Å². The summed E-state index contributed by atoms with van der Waals surface area (Å²) in [4.78, 5) is 10.6. The molecule has 0 bridgehead atoms. The van der Waals surface area contributed by atoms with E-state index in [4.69, 9.17) is 25.6 Å². The molecule has 0 N–H and O–H groups in total. The normalized spacial score (nSPS) is 14.6. The molecular formula is C18H18ClF3NO6P. The number of benzene rings is 2. The molecule has 12 heteroatoms. The lowest BCUT2D eigenvalue weighted by Gasteiger charge is -2.21. The van der Waals surface area contributed by atoms with Crippen molar-refractivity contribution in [2.45, 2.75) is 25.9 Å². The first-order chi connectivity index (χ1) is 13.8. The molecule has 0 aliphatic heterocycles. The van der Waals surface area contributed by atoms with Crippen molar-refractivity contribution in [3.05, 3.63) is 57.1 Å². The molecule has 0 aliphatic rings. The zero-order chi connectivity index (χ0) is 22.7. The number of hydrogen-bond acceptors (Lipinski definition) is 6. The molecule has 164 valence electrons. The van der Waals surface area contributed by atoms with Gasteiger partial charge < -0.3 is 14.0 Å². The number of rotatable bonds is 8. The van der Waals surface area contributed by atoms with Gasteiger partial charge in [-0.1, -0.05) is 11.6 Å². The van der Waals surface area contributed by atoms with Gasteiger partial charge >= 0.3 is 11.9 Å². The Kier molecular flexibility index (Phi) is 7.39. The Morgan fingerprint density at radius 3 is 2.40 bits per heavy atom. The molecule has 30 heavy (non-hydrogen) atoms. The smallest absolute Gasteiger partial charge is 0.416 e. The molecule has 0 aliphatic carbocycles. The summed E-state index contributed by atoms with van der Waals surface area (Å²) in [6, 6.07) is 6.02. The van der Waals surface area contributed by atoms with Crippen molar-refractivity contribution in [2.75, 3.05) is 13.3 Å². The number of hydrogen-bond donors (Lipinski definition) is 0. The lowest BCUT2D eigenvalue weighted by molar-refractivity contribution is -0.386. The van der Waals surface area contributed by atoms with Gasteiger partial charge in [-0.2, -0.15) is 13.2 Å². The third kappa shape index (κ3) is 5.87. The highest BCUT2D eigenvalue weighted by molar-refractivity contribution is 7.58. The second kappa shape index (κ2) is 9.24. The number of nitrogens with zero attached hydrogens (tertiary/aromatic N) is 1. The van der Waals surface area contributed by atoms with Crippen LogP contribution in [0.25, 0.3) is 0 Å². The number of nitro groups is 1. The highest BCUT2D eigenvalue weighted by atomic mass is 35.5. The molecule has 2 aromatic carbocycles. The van der Waals surface area contributed by atoms with Crippen molar-refractivity contribution in [1.29, 1.82) is 0 Å². The summed E-state index contributed by atoms with van der Waals surface area (Å²) in [5.41, 5.74) is -1.36. The maximum absolute atomic E-state index is 12.8. The number of ether oxygens (including phenoxy) is 2. The summed E-state index contributed by atoms with van der Waals surface area (Å²) >= 11 is 5.87. The summed E-state index contributed by atoms with van der Waals surface area (Å²) in [7, 11) is -3.22. The van der Waals surface area contributed by atoms with E-state index in [0.29, 0.717) is 6.07 Å². The van der Waals surface area contributed by atoms with Crippen molar-refractivity contribution in [2.24, 2.45) is 0 Å². The van der Waals surface area contributed by atoms with Gasteiger partial charge in [0.15, 0.2) is 5.85 Å². The van der Waals surface area contributed by atoms with E-state index in [9.17, 15) is 27.9 Å². The fourth-order valence-electron chi connectivity index (χ4n) is 2.33. The minimum Gasteiger partial charge on any atom is -0.473 e. The highest BCUT2D eigenvalue weighted by Crippen LogP contribution is 2.49. The molecule has 2 aromatic rings. The Bertz CT molecular complexity index is 985. The average Bonchev–Trinajstić information content (AvgIpc) is 2.62. The molecule has 0 heterocycles. The van der Waals surface area contributed by atoms with Crippen LogP contribution >= 0.6 is 19.0 Å². The average molecular weight is 468 g/mol. The first kappa shape index (κ1) is 24.0. The molecule has 2 unspecified atom stereocenters. The fourth-order valence-corrected chi connectivity index (χ4v) is 3.58. The highest BCUT2D eigenvalue weighted by Gasteiger charge is 2.31. The predicted molar refractivity (Wildman–Crippen MR) is 105 cm³/mol. The van der Waals surface area contributed by atoms with Gasteiger partial charge in [-0.25, -0.2) is 0 Å². The van der Waals surface area contributed by atoms with Gasteiger partial charge in [0.1, 0.15) is 11.5 Å². The van der Waals surface area contributed by atoms with E-state index in [1.165, 1.54) is 19.7 Å². The van der Waals surface area contributed by atoms with Crippen molar-refractivity contribution < 1.29 is 36.7 Å². The lowest BCUT2D eigenvalue weighted by Crippen LogP contribution is -2.14. The second-order valence-electron chi connectivity index (χ2n) is 6.18. The number of halogens is 4. The third-order valence-corrected chi connectivity index (χ3v) is 6.45. The molecule has 0 amide bonds. The van der Waals surface area contributed by atoms with E-state index < -0.39 is 35.6 Å². The van der Waals surface area contributed by atoms with Crippen LogP contribution < -0.4 is 9.47 Å². The summed E-state index contributed by atoms with van der Waals surface area (Å²) in [5, 5.41) is 11.0. The van der Waals surface area contributed by atoms with Gasteiger partial charge in [0.2, 0.25) is 13.1 Å². The summed E-state index contributed by atoms with van der Waals surface area (Å²) < 4.78 is 66.9. The molecule has 0 spiro atoms. The molecule has 2 atom stereocenters. The van der Waals surface area contributed by atoms with Gasteiger partial charge in [0, 0.05) is 18.8 Å².